The summed E-state index contributed by atoms with van der Waals surface area (Å²) in [6.07, 6.45) is 2.83. The van der Waals surface area contributed by atoms with Crippen molar-refractivity contribution in [1.29, 1.82) is 0 Å². The van der Waals surface area contributed by atoms with Gasteiger partial charge in [-0.05, 0) is 67.1 Å². The first-order valence-electron chi connectivity index (χ1n) is 10.9. The highest BCUT2D eigenvalue weighted by molar-refractivity contribution is 7.92. The first kappa shape index (κ1) is 27.1. The maximum Gasteiger partial charge on any atom is 0.501 e. The average molecular weight is 567 g/mol. The molecule has 1 saturated heterocycles. The van der Waals surface area contributed by atoms with E-state index in [1.165, 1.54) is 36.4 Å². The van der Waals surface area contributed by atoms with Crippen LogP contribution in [0.4, 0.5) is 29.3 Å². The molecular weight excluding hydrogens is 549 g/mol. The minimum atomic E-state index is -5.59. The van der Waals surface area contributed by atoms with Gasteiger partial charge in [-0.25, -0.2) is 18.1 Å². The highest BCUT2D eigenvalue weighted by Gasteiger charge is 2.47. The van der Waals surface area contributed by atoms with Gasteiger partial charge in [0.05, 0.1) is 29.0 Å². The minimum absolute atomic E-state index is 0.0959. The Morgan fingerprint density at radius 2 is 1.68 bits per heavy atom. The van der Waals surface area contributed by atoms with Crippen molar-refractivity contribution in [3.8, 4) is 0 Å². The Morgan fingerprint density at radius 1 is 1.05 bits per heavy atom. The van der Waals surface area contributed by atoms with Crippen LogP contribution in [0.1, 0.15) is 22.8 Å². The van der Waals surface area contributed by atoms with Crippen molar-refractivity contribution in [3.63, 3.8) is 0 Å². The molecule has 2 heterocycles. The lowest BCUT2D eigenvalue weighted by atomic mass is 10.1. The number of urea groups is 1. The van der Waals surface area contributed by atoms with Gasteiger partial charge in [-0.2, -0.15) is 13.2 Å². The molecule has 1 unspecified atom stereocenters. The Hall–Kier alpha value is -3.97. The Morgan fingerprint density at radius 3 is 2.29 bits per heavy atom. The number of benzene rings is 2. The standard InChI is InChI=1S/C24H18ClF3N4O5S/c1-14-22(34)32(18-6-8-19(9-7-18)38(36,37)24(26,27)28)23(35)31(14)13-16-10-11-29-12-20(16)30-21(33)15-2-4-17(25)5-3-15/h2-12,14H,13H2,1H3,(H,30,33). The molecule has 0 radical (unpaired) electrons. The molecule has 1 N–H and O–H groups in total. The molecule has 2 aromatic carbocycles. The number of nitrogens with zero attached hydrogens (tertiary/aromatic N) is 3. The van der Waals surface area contributed by atoms with Crippen LogP contribution in [0.3, 0.4) is 0 Å². The van der Waals surface area contributed by atoms with Gasteiger partial charge in [0.25, 0.3) is 21.7 Å². The molecule has 1 aliphatic heterocycles. The predicted molar refractivity (Wildman–Crippen MR) is 131 cm³/mol. The van der Waals surface area contributed by atoms with Gasteiger partial charge < -0.3 is 10.2 Å². The number of imide groups is 1. The molecule has 9 nitrogen and oxygen atoms in total. The largest absolute Gasteiger partial charge is 0.501 e. The number of hydrogen-bond acceptors (Lipinski definition) is 6. The van der Waals surface area contributed by atoms with Gasteiger partial charge in [0, 0.05) is 16.8 Å². The number of carbonyl (C=O) groups is 3. The summed E-state index contributed by atoms with van der Waals surface area (Å²) in [4.78, 5) is 43.7. The van der Waals surface area contributed by atoms with Crippen molar-refractivity contribution >= 4 is 50.7 Å². The molecule has 4 amide bonds. The molecule has 38 heavy (non-hydrogen) atoms. The van der Waals surface area contributed by atoms with Crippen molar-refractivity contribution in [2.75, 3.05) is 10.2 Å². The van der Waals surface area contributed by atoms with Gasteiger partial charge >= 0.3 is 11.5 Å². The molecule has 0 bridgehead atoms. The number of pyridine rings is 1. The maximum atomic E-state index is 13.2. The summed E-state index contributed by atoms with van der Waals surface area (Å²) in [6.45, 7) is 1.36. The van der Waals surface area contributed by atoms with E-state index in [9.17, 15) is 36.0 Å². The number of amides is 4. The molecule has 198 valence electrons. The van der Waals surface area contributed by atoms with Crippen molar-refractivity contribution in [2.45, 2.75) is 29.9 Å². The van der Waals surface area contributed by atoms with Crippen LogP contribution in [0.15, 0.2) is 71.9 Å². The maximum absolute atomic E-state index is 13.2. The average Bonchev–Trinajstić information content (AvgIpc) is 3.08. The zero-order valence-corrected chi connectivity index (χ0v) is 21.0. The van der Waals surface area contributed by atoms with E-state index in [-0.39, 0.29) is 12.2 Å². The zero-order valence-electron chi connectivity index (χ0n) is 19.4. The molecular formula is C24H18ClF3N4O5S. The quantitative estimate of drug-likeness (QED) is 0.435. The van der Waals surface area contributed by atoms with E-state index in [2.05, 4.69) is 10.3 Å². The topological polar surface area (TPSA) is 117 Å². The Kier molecular flexibility index (Phi) is 7.17. The summed E-state index contributed by atoms with van der Waals surface area (Å²) in [5, 5.41) is 3.16. The molecule has 1 aliphatic rings. The third-order valence-electron chi connectivity index (χ3n) is 5.80. The molecule has 1 aromatic heterocycles. The predicted octanol–water partition coefficient (Wildman–Crippen LogP) is 4.64. The van der Waals surface area contributed by atoms with E-state index in [0.29, 0.717) is 34.0 Å². The van der Waals surface area contributed by atoms with E-state index in [1.54, 1.807) is 18.2 Å². The van der Waals surface area contributed by atoms with Crippen LogP contribution >= 0.6 is 11.6 Å². The molecule has 0 saturated carbocycles. The number of nitrogens with one attached hydrogen (secondary N) is 1. The molecule has 14 heteroatoms. The normalized spacial score (nSPS) is 16.2. The highest BCUT2D eigenvalue weighted by Crippen LogP contribution is 2.33. The summed E-state index contributed by atoms with van der Waals surface area (Å²) in [7, 11) is -5.59. The van der Waals surface area contributed by atoms with E-state index in [0.717, 1.165) is 17.0 Å². The van der Waals surface area contributed by atoms with E-state index < -0.39 is 44.1 Å². The number of hydrogen-bond donors (Lipinski definition) is 1. The second-order valence-electron chi connectivity index (χ2n) is 8.20. The smallest absolute Gasteiger partial charge is 0.320 e. The van der Waals surface area contributed by atoms with E-state index >= 15 is 0 Å². The fourth-order valence-electron chi connectivity index (χ4n) is 3.71. The summed E-state index contributed by atoms with van der Waals surface area (Å²) in [5.74, 6) is -1.12. The number of halogens is 4. The number of carbonyl (C=O) groups excluding carboxylic acids is 3. The Bertz CT molecular complexity index is 1510. The van der Waals surface area contributed by atoms with Crippen LogP contribution in [0.2, 0.25) is 5.02 Å². The number of anilines is 2. The monoisotopic (exact) mass is 566 g/mol. The molecule has 1 fully saturated rings. The molecule has 1 atom stereocenters. The highest BCUT2D eigenvalue weighted by atomic mass is 35.5. The van der Waals surface area contributed by atoms with Crippen molar-refractivity contribution in [3.05, 3.63) is 83.1 Å². The van der Waals surface area contributed by atoms with Crippen molar-refractivity contribution in [2.24, 2.45) is 0 Å². The van der Waals surface area contributed by atoms with Gasteiger partial charge in [0.2, 0.25) is 0 Å². The summed E-state index contributed by atoms with van der Waals surface area (Å²) >= 11 is 5.86. The molecule has 0 spiro atoms. The van der Waals surface area contributed by atoms with Gasteiger partial charge in [-0.3, -0.25) is 14.6 Å². The fraction of sp³-hybridized carbons (Fsp3) is 0.167. The van der Waals surface area contributed by atoms with Crippen molar-refractivity contribution in [1.82, 2.24) is 9.88 Å². The first-order valence-corrected chi connectivity index (χ1v) is 12.7. The SMILES string of the molecule is CC1C(=O)N(c2ccc(S(=O)(=O)C(F)(F)F)cc2)C(=O)N1Cc1ccncc1NC(=O)c1ccc(Cl)cc1. The molecule has 0 aliphatic carbocycles. The summed E-state index contributed by atoms with van der Waals surface area (Å²) < 4.78 is 61.7. The Balaban J connectivity index is 1.55. The van der Waals surface area contributed by atoms with Crippen LogP contribution in [-0.2, 0) is 21.2 Å². The van der Waals surface area contributed by atoms with Gasteiger partial charge in [0.15, 0.2) is 0 Å². The van der Waals surface area contributed by atoms with Gasteiger partial charge in [-0.1, -0.05) is 11.6 Å². The number of aromatic nitrogens is 1. The third kappa shape index (κ3) is 5.07. The first-order chi connectivity index (χ1) is 17.8. The molecule has 4 rings (SSSR count). The van der Waals surface area contributed by atoms with Gasteiger partial charge in [-0.15, -0.1) is 0 Å². The zero-order chi connectivity index (χ0) is 27.8. The Labute approximate surface area is 219 Å². The second-order valence-corrected chi connectivity index (χ2v) is 10.6. The lowest BCUT2D eigenvalue weighted by molar-refractivity contribution is -0.119. The van der Waals surface area contributed by atoms with Crippen molar-refractivity contribution < 1.29 is 36.0 Å². The van der Waals surface area contributed by atoms with E-state index in [1.807, 2.05) is 0 Å². The fourth-order valence-corrected chi connectivity index (χ4v) is 4.60. The summed E-state index contributed by atoms with van der Waals surface area (Å²) in [6, 6.07) is 9.24. The molecule has 3 aromatic rings. The summed E-state index contributed by atoms with van der Waals surface area (Å²) in [5.41, 5.74) is -4.51. The van der Waals surface area contributed by atoms with Crippen LogP contribution in [0.5, 0.6) is 0 Å². The number of rotatable bonds is 6. The number of alkyl halides is 3. The lowest BCUT2D eigenvalue weighted by Crippen LogP contribution is -2.33. The minimum Gasteiger partial charge on any atom is -0.320 e. The van der Waals surface area contributed by atoms with Crippen LogP contribution < -0.4 is 10.2 Å². The van der Waals surface area contributed by atoms with Crippen LogP contribution in [0, 0.1) is 0 Å². The number of sulfone groups is 1. The second kappa shape index (κ2) is 10.1. The van der Waals surface area contributed by atoms with E-state index in [4.69, 9.17) is 11.6 Å². The van der Waals surface area contributed by atoms with Crippen LogP contribution in [-0.4, -0.2) is 47.7 Å². The van der Waals surface area contributed by atoms with Gasteiger partial charge in [0.1, 0.15) is 6.04 Å². The van der Waals surface area contributed by atoms with Crippen LogP contribution in [0.25, 0.3) is 0 Å². The lowest BCUT2D eigenvalue weighted by Gasteiger charge is -2.21. The third-order valence-corrected chi connectivity index (χ3v) is 7.55.